The molecule has 0 bridgehead atoms. The van der Waals surface area contributed by atoms with Crippen molar-refractivity contribution in [2.45, 2.75) is 53.9 Å². The van der Waals surface area contributed by atoms with Gasteiger partial charge in [0.05, 0.1) is 0 Å². The van der Waals surface area contributed by atoms with Gasteiger partial charge in [0, 0.05) is 6.42 Å². The van der Waals surface area contributed by atoms with Gasteiger partial charge in [-0.3, -0.25) is 0 Å². The monoisotopic (exact) mass is 194 g/mol. The van der Waals surface area contributed by atoms with Crippen LogP contribution in [-0.2, 0) is 0 Å². The highest BCUT2D eigenvalue weighted by Gasteiger charge is 2.23. The van der Waals surface area contributed by atoms with Crippen molar-refractivity contribution in [2.75, 3.05) is 0 Å². The van der Waals surface area contributed by atoms with Crippen LogP contribution in [0, 0.1) is 36.0 Å². The van der Waals surface area contributed by atoms with Crippen molar-refractivity contribution in [3.8, 4) is 12.3 Å². The maximum atomic E-state index is 5.26. The maximum Gasteiger partial charge on any atom is 0.00861 e. The van der Waals surface area contributed by atoms with Crippen LogP contribution in [-0.4, -0.2) is 0 Å². The van der Waals surface area contributed by atoms with Crippen LogP contribution in [0.1, 0.15) is 53.9 Å². The largest absolute Gasteiger partial charge is 0.120 e. The molecular weight excluding hydrogens is 168 g/mol. The van der Waals surface area contributed by atoms with Crippen molar-refractivity contribution >= 4 is 0 Å². The molecule has 0 aliphatic carbocycles. The van der Waals surface area contributed by atoms with Gasteiger partial charge in [-0.2, -0.15) is 0 Å². The molecule has 0 heterocycles. The fourth-order valence-electron chi connectivity index (χ4n) is 2.80. The summed E-state index contributed by atoms with van der Waals surface area (Å²) in [6, 6.07) is 0. The zero-order valence-electron chi connectivity index (χ0n) is 10.5. The van der Waals surface area contributed by atoms with Gasteiger partial charge in [-0.05, 0) is 36.5 Å². The quantitative estimate of drug-likeness (QED) is 0.435. The van der Waals surface area contributed by atoms with E-state index in [1.165, 1.54) is 12.8 Å². The normalized spacial score (nSPS) is 13.6. The molecule has 0 aromatic heterocycles. The highest BCUT2D eigenvalue weighted by Crippen LogP contribution is 2.31. The summed E-state index contributed by atoms with van der Waals surface area (Å²) in [6.45, 7) is 11.7. The topological polar surface area (TPSA) is 0 Å². The average molecular weight is 194 g/mol. The van der Waals surface area contributed by atoms with Gasteiger partial charge in [-0.25, -0.2) is 0 Å². The van der Waals surface area contributed by atoms with Crippen LogP contribution >= 0.6 is 0 Å². The standard InChI is InChI=1S/C14H26/c1-7-8-9-10-13(6)14(11(2)3)12(4)5/h1,11-14H,8-10H2,2-6H3. The first-order valence-electron chi connectivity index (χ1n) is 5.94. The Hall–Kier alpha value is -0.440. The minimum Gasteiger partial charge on any atom is -0.120 e. The van der Waals surface area contributed by atoms with E-state index < -0.39 is 0 Å². The molecule has 82 valence electrons. The second-order valence-electron chi connectivity index (χ2n) is 5.14. The molecular formula is C14H26. The van der Waals surface area contributed by atoms with Crippen molar-refractivity contribution in [1.29, 1.82) is 0 Å². The zero-order chi connectivity index (χ0) is 11.1. The number of unbranched alkanes of at least 4 members (excludes halogenated alkanes) is 1. The Kier molecular flexibility index (Phi) is 6.71. The highest BCUT2D eigenvalue weighted by molar-refractivity contribution is 4.83. The van der Waals surface area contributed by atoms with Crippen LogP contribution in [0.5, 0.6) is 0 Å². The number of terminal acetylenes is 1. The smallest absolute Gasteiger partial charge is 0.00861 e. The lowest BCUT2D eigenvalue weighted by Crippen LogP contribution is -2.23. The van der Waals surface area contributed by atoms with Crippen LogP contribution in [0.3, 0.4) is 0 Å². The minimum absolute atomic E-state index is 0.788. The molecule has 0 aliphatic rings. The van der Waals surface area contributed by atoms with Crippen molar-refractivity contribution < 1.29 is 0 Å². The van der Waals surface area contributed by atoms with Gasteiger partial charge in [-0.1, -0.05) is 34.6 Å². The van der Waals surface area contributed by atoms with Crippen molar-refractivity contribution in [3.63, 3.8) is 0 Å². The first-order valence-corrected chi connectivity index (χ1v) is 5.94. The SMILES string of the molecule is C#CCCCC(C)C(C(C)C)C(C)C. The summed E-state index contributed by atoms with van der Waals surface area (Å²) in [6.07, 6.45) is 8.67. The molecule has 0 heteroatoms. The van der Waals surface area contributed by atoms with Crippen molar-refractivity contribution in [1.82, 2.24) is 0 Å². The second kappa shape index (κ2) is 6.93. The van der Waals surface area contributed by atoms with Crippen LogP contribution < -0.4 is 0 Å². The van der Waals surface area contributed by atoms with E-state index in [2.05, 4.69) is 40.5 Å². The van der Waals surface area contributed by atoms with E-state index in [0.717, 1.165) is 30.1 Å². The molecule has 0 aliphatic heterocycles. The number of hydrogen-bond donors (Lipinski definition) is 0. The summed E-state index contributed by atoms with van der Waals surface area (Å²) in [7, 11) is 0. The van der Waals surface area contributed by atoms with Crippen LogP contribution in [0.2, 0.25) is 0 Å². The Labute approximate surface area is 90.5 Å². The van der Waals surface area contributed by atoms with Gasteiger partial charge in [0.1, 0.15) is 0 Å². The Morgan fingerprint density at radius 1 is 1.00 bits per heavy atom. The summed E-state index contributed by atoms with van der Waals surface area (Å²) in [5, 5.41) is 0. The molecule has 0 amide bonds. The number of rotatable bonds is 6. The Morgan fingerprint density at radius 2 is 1.50 bits per heavy atom. The molecule has 0 saturated heterocycles. The molecule has 0 spiro atoms. The molecule has 0 aromatic carbocycles. The second-order valence-corrected chi connectivity index (χ2v) is 5.14. The zero-order valence-corrected chi connectivity index (χ0v) is 10.5. The maximum absolute atomic E-state index is 5.26. The lowest BCUT2D eigenvalue weighted by Gasteiger charge is -2.31. The Bertz CT molecular complexity index is 163. The van der Waals surface area contributed by atoms with E-state index in [9.17, 15) is 0 Å². The van der Waals surface area contributed by atoms with E-state index in [0.29, 0.717) is 0 Å². The third-order valence-electron chi connectivity index (χ3n) is 3.18. The van der Waals surface area contributed by atoms with Gasteiger partial charge in [0.2, 0.25) is 0 Å². The molecule has 0 rings (SSSR count). The summed E-state index contributed by atoms with van der Waals surface area (Å²) in [5.74, 6) is 5.95. The van der Waals surface area contributed by atoms with Gasteiger partial charge in [0.25, 0.3) is 0 Å². The van der Waals surface area contributed by atoms with E-state index in [1.807, 2.05) is 0 Å². The van der Waals surface area contributed by atoms with Crippen molar-refractivity contribution in [3.05, 3.63) is 0 Å². The summed E-state index contributed by atoms with van der Waals surface area (Å²) in [4.78, 5) is 0. The third kappa shape index (κ3) is 4.70. The van der Waals surface area contributed by atoms with E-state index in [1.54, 1.807) is 0 Å². The van der Waals surface area contributed by atoms with Crippen LogP contribution in [0.15, 0.2) is 0 Å². The lowest BCUT2D eigenvalue weighted by molar-refractivity contribution is 0.188. The molecule has 1 unspecified atom stereocenters. The fraction of sp³-hybridized carbons (Fsp3) is 0.857. The number of hydrogen-bond acceptors (Lipinski definition) is 0. The lowest BCUT2D eigenvalue weighted by atomic mass is 9.75. The Balaban J connectivity index is 4.03. The van der Waals surface area contributed by atoms with Gasteiger partial charge in [0.15, 0.2) is 0 Å². The molecule has 14 heavy (non-hydrogen) atoms. The molecule has 1 atom stereocenters. The molecule has 0 saturated carbocycles. The first-order chi connectivity index (χ1) is 6.50. The van der Waals surface area contributed by atoms with Gasteiger partial charge >= 0.3 is 0 Å². The van der Waals surface area contributed by atoms with Gasteiger partial charge in [-0.15, -0.1) is 12.3 Å². The van der Waals surface area contributed by atoms with Crippen LogP contribution in [0.25, 0.3) is 0 Å². The first kappa shape index (κ1) is 13.6. The van der Waals surface area contributed by atoms with E-state index in [4.69, 9.17) is 6.42 Å². The average Bonchev–Trinajstić information content (AvgIpc) is 2.03. The van der Waals surface area contributed by atoms with Crippen LogP contribution in [0.4, 0.5) is 0 Å². The summed E-state index contributed by atoms with van der Waals surface area (Å²) >= 11 is 0. The molecule has 0 N–H and O–H groups in total. The molecule has 0 nitrogen and oxygen atoms in total. The fourth-order valence-corrected chi connectivity index (χ4v) is 2.80. The van der Waals surface area contributed by atoms with E-state index in [-0.39, 0.29) is 0 Å². The summed E-state index contributed by atoms with van der Waals surface area (Å²) < 4.78 is 0. The van der Waals surface area contributed by atoms with E-state index >= 15 is 0 Å². The predicted octanol–water partition coefficient (Wildman–Crippen LogP) is 4.35. The molecule has 0 fully saturated rings. The third-order valence-corrected chi connectivity index (χ3v) is 3.18. The summed E-state index contributed by atoms with van der Waals surface area (Å²) in [5.41, 5.74) is 0. The highest BCUT2D eigenvalue weighted by atomic mass is 14.3. The predicted molar refractivity (Wildman–Crippen MR) is 65.0 cm³/mol. The minimum atomic E-state index is 0.788. The Morgan fingerprint density at radius 3 is 1.86 bits per heavy atom. The molecule has 0 radical (unpaired) electrons. The van der Waals surface area contributed by atoms with Crippen molar-refractivity contribution in [2.24, 2.45) is 23.7 Å². The van der Waals surface area contributed by atoms with Gasteiger partial charge < -0.3 is 0 Å². The molecule has 0 aromatic rings.